The first-order valence-electron chi connectivity index (χ1n) is 12.1. The van der Waals surface area contributed by atoms with E-state index in [1.807, 2.05) is 0 Å². The molecular formula is C23H38N6O7. The first-order chi connectivity index (χ1) is 17.1. The number of nitrogens with one attached hydrogen (secondary N) is 4. The SMILES string of the molecule is CC(C)C(CC(=O)NCCCCN1C(=O)C=CC1=O)C(=O)NC(CCCNC(N)=O)C(=O)NCCO. The Hall–Kier alpha value is -3.48. The quantitative estimate of drug-likeness (QED) is 0.101. The predicted molar refractivity (Wildman–Crippen MR) is 130 cm³/mol. The summed E-state index contributed by atoms with van der Waals surface area (Å²) in [6.45, 7) is 4.19. The number of aliphatic hydroxyl groups excluding tert-OH is 1. The van der Waals surface area contributed by atoms with E-state index in [2.05, 4.69) is 21.3 Å². The third kappa shape index (κ3) is 11.3. The average molecular weight is 511 g/mol. The van der Waals surface area contributed by atoms with Gasteiger partial charge in [0.2, 0.25) is 17.7 Å². The number of nitrogens with two attached hydrogens (primary N) is 1. The number of urea groups is 1. The Morgan fingerprint density at radius 1 is 0.917 bits per heavy atom. The van der Waals surface area contributed by atoms with Crippen molar-refractivity contribution in [3.63, 3.8) is 0 Å². The molecule has 0 bridgehead atoms. The highest BCUT2D eigenvalue weighted by molar-refractivity contribution is 6.12. The zero-order chi connectivity index (χ0) is 27.1. The molecule has 1 aliphatic heterocycles. The van der Waals surface area contributed by atoms with E-state index in [4.69, 9.17) is 10.8 Å². The van der Waals surface area contributed by atoms with Gasteiger partial charge in [0.15, 0.2) is 0 Å². The van der Waals surface area contributed by atoms with Crippen molar-refractivity contribution in [3.8, 4) is 0 Å². The molecule has 13 nitrogen and oxygen atoms in total. The lowest BCUT2D eigenvalue weighted by Gasteiger charge is -2.24. The molecule has 1 heterocycles. The second-order valence-corrected chi connectivity index (χ2v) is 8.78. The molecule has 0 saturated carbocycles. The minimum Gasteiger partial charge on any atom is -0.395 e. The summed E-state index contributed by atoms with van der Waals surface area (Å²) in [6.07, 6.45) is 4.04. The van der Waals surface area contributed by atoms with Crippen LogP contribution in [0.15, 0.2) is 12.2 Å². The molecule has 2 atom stereocenters. The van der Waals surface area contributed by atoms with Crippen molar-refractivity contribution in [1.82, 2.24) is 26.2 Å². The van der Waals surface area contributed by atoms with E-state index >= 15 is 0 Å². The Bertz CT molecular complexity index is 812. The largest absolute Gasteiger partial charge is 0.395 e. The maximum atomic E-state index is 12.9. The maximum absolute atomic E-state index is 12.9. The molecule has 2 unspecified atom stereocenters. The minimum absolute atomic E-state index is 0.0251. The van der Waals surface area contributed by atoms with Gasteiger partial charge in [-0.05, 0) is 31.6 Å². The van der Waals surface area contributed by atoms with Crippen LogP contribution in [0.2, 0.25) is 0 Å². The number of aliphatic hydroxyl groups is 1. The molecule has 0 saturated heterocycles. The first-order valence-corrected chi connectivity index (χ1v) is 12.1. The topological polar surface area (TPSA) is 200 Å². The summed E-state index contributed by atoms with van der Waals surface area (Å²) < 4.78 is 0. The number of hydrogen-bond acceptors (Lipinski definition) is 7. The first kappa shape index (κ1) is 30.6. The van der Waals surface area contributed by atoms with Crippen LogP contribution in [0.1, 0.15) is 46.0 Å². The predicted octanol–water partition coefficient (Wildman–Crippen LogP) is -1.49. The van der Waals surface area contributed by atoms with Gasteiger partial charge in [-0.2, -0.15) is 0 Å². The van der Waals surface area contributed by atoms with Gasteiger partial charge in [0.1, 0.15) is 6.04 Å². The maximum Gasteiger partial charge on any atom is 0.312 e. The van der Waals surface area contributed by atoms with Crippen LogP contribution in [0.5, 0.6) is 0 Å². The van der Waals surface area contributed by atoms with Gasteiger partial charge >= 0.3 is 6.03 Å². The molecular weight excluding hydrogens is 472 g/mol. The zero-order valence-electron chi connectivity index (χ0n) is 20.9. The zero-order valence-corrected chi connectivity index (χ0v) is 20.9. The number of carbonyl (C=O) groups is 6. The third-order valence-corrected chi connectivity index (χ3v) is 5.59. The summed E-state index contributed by atoms with van der Waals surface area (Å²) in [5, 5.41) is 19.3. The Labute approximate surface area is 210 Å². The molecule has 7 N–H and O–H groups in total. The van der Waals surface area contributed by atoms with Crippen molar-refractivity contribution in [1.29, 1.82) is 0 Å². The summed E-state index contributed by atoms with van der Waals surface area (Å²) in [5.41, 5.74) is 5.03. The molecule has 0 aromatic rings. The van der Waals surface area contributed by atoms with Crippen LogP contribution in [0.3, 0.4) is 0 Å². The fourth-order valence-electron chi connectivity index (χ4n) is 3.54. The fraction of sp³-hybridized carbons (Fsp3) is 0.652. The lowest BCUT2D eigenvalue weighted by molar-refractivity contribution is -0.137. The molecule has 0 fully saturated rings. The summed E-state index contributed by atoms with van der Waals surface area (Å²) in [5.74, 6) is -2.82. The minimum atomic E-state index is -0.909. The van der Waals surface area contributed by atoms with Crippen LogP contribution in [-0.4, -0.2) is 84.4 Å². The Balaban J connectivity index is 2.54. The van der Waals surface area contributed by atoms with Gasteiger partial charge < -0.3 is 32.1 Å². The number of imide groups is 1. The van der Waals surface area contributed by atoms with Gasteiger partial charge in [-0.1, -0.05) is 13.8 Å². The van der Waals surface area contributed by atoms with E-state index in [1.165, 1.54) is 12.2 Å². The summed E-state index contributed by atoms with van der Waals surface area (Å²) in [6, 6.07) is -1.60. The lowest BCUT2D eigenvalue weighted by Crippen LogP contribution is -2.50. The van der Waals surface area contributed by atoms with Crippen LogP contribution in [0.4, 0.5) is 4.79 Å². The van der Waals surface area contributed by atoms with Crippen LogP contribution in [0, 0.1) is 11.8 Å². The average Bonchev–Trinajstić information content (AvgIpc) is 3.14. The van der Waals surface area contributed by atoms with E-state index in [1.54, 1.807) is 13.8 Å². The number of rotatable bonds is 17. The van der Waals surface area contributed by atoms with Crippen molar-refractivity contribution >= 4 is 35.6 Å². The van der Waals surface area contributed by atoms with Gasteiger partial charge in [-0.25, -0.2) is 4.79 Å². The molecule has 0 aliphatic carbocycles. The number of unbranched alkanes of at least 4 members (excludes halogenated alkanes) is 1. The number of nitrogens with zero attached hydrogens (tertiary/aromatic N) is 1. The number of amides is 7. The van der Waals surface area contributed by atoms with Gasteiger partial charge in [0, 0.05) is 50.7 Å². The molecule has 0 spiro atoms. The van der Waals surface area contributed by atoms with Crippen molar-refractivity contribution in [2.75, 3.05) is 32.8 Å². The molecule has 7 amide bonds. The van der Waals surface area contributed by atoms with Crippen LogP contribution in [0.25, 0.3) is 0 Å². The molecule has 1 aliphatic rings. The summed E-state index contributed by atoms with van der Waals surface area (Å²) in [7, 11) is 0. The molecule has 202 valence electrons. The van der Waals surface area contributed by atoms with E-state index < -0.39 is 29.8 Å². The molecule has 13 heteroatoms. The lowest BCUT2D eigenvalue weighted by atomic mass is 9.90. The molecule has 0 radical (unpaired) electrons. The van der Waals surface area contributed by atoms with Crippen LogP contribution < -0.4 is 27.0 Å². The normalized spacial score (nSPS) is 14.5. The highest BCUT2D eigenvalue weighted by atomic mass is 16.3. The standard InChI is InChI=1S/C23H38N6O7/c1-15(2)16(14-18(31)25-9-3-4-12-29-19(32)7-8-20(29)33)21(34)28-17(22(35)26-11-13-30)6-5-10-27-23(24)36/h7-8,15-17,30H,3-6,9-14H2,1-2H3,(H,25,31)(H,26,35)(H,28,34)(H3,24,27,36). The van der Waals surface area contributed by atoms with Crippen molar-refractivity contribution in [2.24, 2.45) is 17.6 Å². The van der Waals surface area contributed by atoms with Crippen molar-refractivity contribution in [3.05, 3.63) is 12.2 Å². The smallest absolute Gasteiger partial charge is 0.312 e. The van der Waals surface area contributed by atoms with E-state index in [0.29, 0.717) is 25.8 Å². The molecule has 0 aromatic heterocycles. The van der Waals surface area contributed by atoms with Gasteiger partial charge in [0.25, 0.3) is 11.8 Å². The second kappa shape index (κ2) is 16.2. The van der Waals surface area contributed by atoms with Gasteiger partial charge in [-0.15, -0.1) is 0 Å². The van der Waals surface area contributed by atoms with E-state index in [0.717, 1.165) is 4.90 Å². The third-order valence-electron chi connectivity index (χ3n) is 5.59. The highest BCUT2D eigenvalue weighted by Gasteiger charge is 2.29. The number of carbonyl (C=O) groups excluding carboxylic acids is 6. The van der Waals surface area contributed by atoms with Crippen molar-refractivity contribution in [2.45, 2.75) is 52.0 Å². The molecule has 36 heavy (non-hydrogen) atoms. The van der Waals surface area contributed by atoms with E-state index in [-0.39, 0.29) is 62.7 Å². The number of hydrogen-bond donors (Lipinski definition) is 6. The highest BCUT2D eigenvalue weighted by Crippen LogP contribution is 2.16. The molecule has 0 aromatic carbocycles. The Morgan fingerprint density at radius 3 is 2.14 bits per heavy atom. The van der Waals surface area contributed by atoms with Crippen LogP contribution >= 0.6 is 0 Å². The van der Waals surface area contributed by atoms with Crippen LogP contribution in [-0.2, 0) is 24.0 Å². The fourth-order valence-corrected chi connectivity index (χ4v) is 3.54. The van der Waals surface area contributed by atoms with Gasteiger partial charge in [0.05, 0.1) is 6.61 Å². The van der Waals surface area contributed by atoms with Crippen molar-refractivity contribution < 1.29 is 33.9 Å². The monoisotopic (exact) mass is 510 g/mol. The van der Waals surface area contributed by atoms with Gasteiger partial charge in [-0.3, -0.25) is 28.9 Å². The summed E-state index contributed by atoms with van der Waals surface area (Å²) in [4.78, 5) is 72.9. The molecule has 1 rings (SSSR count). The second-order valence-electron chi connectivity index (χ2n) is 8.78. The summed E-state index contributed by atoms with van der Waals surface area (Å²) >= 11 is 0. The van der Waals surface area contributed by atoms with E-state index in [9.17, 15) is 28.8 Å². The number of primary amides is 1. The Kier molecular flexibility index (Phi) is 13.8. The Morgan fingerprint density at radius 2 is 1.56 bits per heavy atom.